The van der Waals surface area contributed by atoms with Gasteiger partial charge in [-0.15, -0.1) is 0 Å². The molecule has 9 N–H and O–H groups in total. The second-order valence-corrected chi connectivity index (χ2v) is 30.5. The fourth-order valence-electron chi connectivity index (χ4n) is 9.78. The van der Waals surface area contributed by atoms with Crippen molar-refractivity contribution in [3.8, 4) is 23.0 Å². The number of benzene rings is 4. The van der Waals surface area contributed by atoms with Gasteiger partial charge in [-0.05, 0) is 123 Å². The number of aliphatic hydroxyl groups excluding tert-OH is 1. The van der Waals surface area contributed by atoms with Crippen molar-refractivity contribution < 1.29 is 83.9 Å². The quantitative estimate of drug-likeness (QED) is 0.0798. The smallest absolute Gasteiger partial charge is 0.872 e. The van der Waals surface area contributed by atoms with Crippen molar-refractivity contribution in [2.45, 2.75) is 186 Å². The summed E-state index contributed by atoms with van der Waals surface area (Å²) >= 11 is 0. The molecule has 0 aliphatic carbocycles. The summed E-state index contributed by atoms with van der Waals surface area (Å²) in [6.07, 6.45) is 7.23. The Kier molecular flexibility index (Phi) is 37.9. The zero-order valence-electron chi connectivity index (χ0n) is 60.0. The van der Waals surface area contributed by atoms with E-state index in [0.29, 0.717) is 63.5 Å². The maximum absolute atomic E-state index is 13.4. The van der Waals surface area contributed by atoms with Crippen LogP contribution in [0, 0.1) is 36.5 Å². The molecule has 4 aromatic rings. The Hall–Kier alpha value is -2.71. The summed E-state index contributed by atoms with van der Waals surface area (Å²) in [5.74, 6) is 0.273. The number of quaternary nitrogens is 2. The first-order valence-electron chi connectivity index (χ1n) is 29.8. The SMILES string of the molecule is CC1(C)CN=Cc2cc(C(C)(C)C)cc(c2[O-])CNCC(C)(C)CNCc2cc(C(C)(C)C)cc(c2[O-])C=NC1.CC1(C)C[NH+]=Cc2cc(C(C)(C)C)cc(c2[O-])C[NH2+]CC(C)(C)C[NH2+]Cc2cc(C(C)(C)C)cc(c2[O-])C=[NH+]C1.CO.[CH3-].[CH3-].[Li+].[Li+].[Mg+2].[Mg+2]. The van der Waals surface area contributed by atoms with Crippen molar-refractivity contribution in [2.24, 2.45) is 31.6 Å². The van der Waals surface area contributed by atoms with E-state index in [-0.39, 0.29) is 165 Å². The molecule has 2 aliphatic heterocycles. The molecule has 0 radical (unpaired) electrons. The van der Waals surface area contributed by atoms with Crippen LogP contribution in [0.4, 0.5) is 0 Å². The first kappa shape index (κ1) is 89.5. The predicted octanol–water partition coefficient (Wildman–Crippen LogP) is -1.71. The number of aliphatic hydroxyl groups is 1. The van der Waals surface area contributed by atoms with E-state index in [0.717, 1.165) is 77.8 Å². The van der Waals surface area contributed by atoms with Crippen molar-refractivity contribution in [2.75, 3.05) is 59.5 Å². The largest absolute Gasteiger partial charge is 2.00 e. The average Bonchev–Trinajstić information content (AvgIpc) is 1.26. The van der Waals surface area contributed by atoms with Crippen LogP contribution < -0.4 is 89.4 Å². The molecule has 8 bridgehead atoms. The van der Waals surface area contributed by atoms with E-state index < -0.39 is 0 Å². The Morgan fingerprint density at radius 2 is 0.716 bits per heavy atom. The van der Waals surface area contributed by atoms with Gasteiger partial charge in [-0.1, -0.05) is 170 Å². The molecule has 2 heterocycles. The molecule has 0 unspecified atom stereocenters. The van der Waals surface area contributed by atoms with Crippen molar-refractivity contribution in [1.29, 1.82) is 0 Å². The first-order chi connectivity index (χ1) is 37.8. The number of hydrogen-bond acceptors (Lipinski definition) is 9. The second-order valence-electron chi connectivity index (χ2n) is 30.5. The minimum Gasteiger partial charge on any atom is -0.872 e. The molecule has 6 rings (SSSR count). The van der Waals surface area contributed by atoms with E-state index in [1.165, 1.54) is 11.1 Å². The molecule has 88 heavy (non-hydrogen) atoms. The third-order valence-electron chi connectivity index (χ3n) is 15.4. The summed E-state index contributed by atoms with van der Waals surface area (Å²) in [4.78, 5) is 16.3. The molecule has 0 aromatic heterocycles. The molecule has 0 saturated carbocycles. The number of nitrogens with two attached hydrogens (primary N) is 2. The number of aliphatic imine (C=N–C) groups is 2. The first-order valence-corrected chi connectivity index (χ1v) is 29.8. The summed E-state index contributed by atoms with van der Waals surface area (Å²) in [6, 6.07) is 16.3. The third-order valence-corrected chi connectivity index (χ3v) is 15.4. The summed E-state index contributed by atoms with van der Waals surface area (Å²) < 4.78 is 0. The fourth-order valence-corrected chi connectivity index (χ4v) is 9.78. The Morgan fingerprint density at radius 1 is 0.432 bits per heavy atom. The molecule has 0 saturated heterocycles. The van der Waals surface area contributed by atoms with E-state index >= 15 is 0 Å². The van der Waals surface area contributed by atoms with Crippen molar-refractivity contribution in [3.05, 3.63) is 130 Å². The maximum Gasteiger partial charge on any atom is 2.00 e. The van der Waals surface area contributed by atoms with E-state index in [1.807, 2.05) is 48.8 Å². The molecular weight excluding hydrogens is 1110 g/mol. The molecular formula is C71H114Li2Mg2N8O5+4. The molecule has 0 spiro atoms. The molecule has 2 aliphatic rings. The van der Waals surface area contributed by atoms with Gasteiger partial charge >= 0.3 is 83.8 Å². The van der Waals surface area contributed by atoms with Crippen LogP contribution in [0.25, 0.3) is 0 Å². The normalized spacial score (nSPS) is 17.2. The summed E-state index contributed by atoms with van der Waals surface area (Å²) in [5.41, 5.74) is 9.88. The van der Waals surface area contributed by atoms with Crippen LogP contribution in [0.3, 0.4) is 0 Å². The van der Waals surface area contributed by atoms with E-state index in [9.17, 15) is 20.4 Å². The Labute approximate surface area is 591 Å². The van der Waals surface area contributed by atoms with Gasteiger partial charge in [-0.25, -0.2) is 9.98 Å². The van der Waals surface area contributed by atoms with E-state index in [4.69, 9.17) is 15.1 Å². The van der Waals surface area contributed by atoms with Crippen LogP contribution in [-0.2, 0) is 47.8 Å². The Morgan fingerprint density at radius 3 is 1.02 bits per heavy atom. The fraction of sp³-hybridized carbons (Fsp3) is 0.577. The summed E-state index contributed by atoms with van der Waals surface area (Å²) in [7, 11) is 1.00. The molecule has 0 amide bonds. The number of fused-ring (bicyclic) bond motifs is 8. The molecule has 0 atom stereocenters. The minimum atomic E-state index is -0.233. The standard InChI is InChI=1S/2C34H52N4O2.CH4O.2CH3.2Li.2Mg/c2*1-31(2,3)27-11-23-15-35-19-33(7,8)21-37-17-25-13-28(32(4,5)6)14-26(30(25)40)18-38-22-34(9,10)20-36-16-24(12-27)29(23)39;1-2;;;;;;/h2*11-15,17,36,38-40H,16,18-22H2,1-10H3;2H,1H3;2*1H3;;;;/q;;;2*-1;2*+1;2*+2. The zero-order valence-corrected chi connectivity index (χ0v) is 62.8. The molecule has 17 heteroatoms. The number of rotatable bonds is 0. The van der Waals surface area contributed by atoms with Crippen molar-refractivity contribution in [1.82, 2.24) is 10.6 Å². The van der Waals surface area contributed by atoms with Crippen molar-refractivity contribution >= 4 is 71.0 Å². The van der Waals surface area contributed by atoms with E-state index in [2.05, 4.69) is 182 Å². The van der Waals surface area contributed by atoms with Gasteiger partial charge < -0.3 is 61.7 Å². The van der Waals surface area contributed by atoms with Gasteiger partial charge in [0.1, 0.15) is 13.1 Å². The van der Waals surface area contributed by atoms with Crippen LogP contribution in [-0.4, -0.2) is 136 Å². The maximum atomic E-state index is 13.4. The molecule has 0 fully saturated rings. The van der Waals surface area contributed by atoms with Gasteiger partial charge in [0, 0.05) is 75.3 Å². The molecule has 4 aromatic carbocycles. The summed E-state index contributed by atoms with van der Waals surface area (Å²) in [5, 5.41) is 72.2. The minimum absolute atomic E-state index is 0. The number of nitrogens with zero attached hydrogens (tertiary/aromatic N) is 2. The number of hydrogen-bond donors (Lipinski definition) is 7. The second kappa shape index (κ2) is 37.2. The molecule has 13 nitrogen and oxygen atoms in total. The van der Waals surface area contributed by atoms with Crippen LogP contribution in [0.5, 0.6) is 23.0 Å². The number of nitrogens with one attached hydrogen (secondary N) is 4. The van der Waals surface area contributed by atoms with Crippen molar-refractivity contribution in [3.63, 3.8) is 0 Å². The van der Waals surface area contributed by atoms with Gasteiger partial charge in [-0.2, -0.15) is 0 Å². The van der Waals surface area contributed by atoms with Gasteiger partial charge in [0.15, 0.2) is 25.5 Å². The van der Waals surface area contributed by atoms with Crippen LogP contribution in [0.15, 0.2) is 58.5 Å². The van der Waals surface area contributed by atoms with Crippen LogP contribution in [0.1, 0.15) is 205 Å². The summed E-state index contributed by atoms with van der Waals surface area (Å²) in [6.45, 7) is 51.5. The third kappa shape index (κ3) is 28.3. The molecule has 470 valence electrons. The topological polar surface area (TPSA) is 222 Å². The van der Waals surface area contributed by atoms with Crippen LogP contribution in [0.2, 0.25) is 0 Å². The Balaban J connectivity index is -0.00000150. The van der Waals surface area contributed by atoms with E-state index in [1.54, 1.807) is 12.4 Å². The van der Waals surface area contributed by atoms with Crippen LogP contribution >= 0.6 is 0 Å². The van der Waals surface area contributed by atoms with Gasteiger partial charge in [0.25, 0.3) is 0 Å². The predicted molar refractivity (Wildman–Crippen MR) is 357 cm³/mol. The van der Waals surface area contributed by atoms with Gasteiger partial charge in [0.05, 0.1) is 23.9 Å². The zero-order chi connectivity index (χ0) is 61.9. The van der Waals surface area contributed by atoms with Gasteiger partial charge in [0.2, 0.25) is 0 Å². The average molecular weight is 1220 g/mol. The Bertz CT molecular complexity index is 2530. The van der Waals surface area contributed by atoms with Gasteiger partial charge in [-0.3, -0.25) is 9.98 Å². The monoisotopic (exact) mass is 1220 g/mol.